The Bertz CT molecular complexity index is 624. The maximum absolute atomic E-state index is 13.0. The summed E-state index contributed by atoms with van der Waals surface area (Å²) < 4.78 is 0. The van der Waals surface area contributed by atoms with Gasteiger partial charge in [-0.1, -0.05) is 49.8 Å². The van der Waals surface area contributed by atoms with E-state index in [2.05, 4.69) is 58.0 Å². The van der Waals surface area contributed by atoms with Crippen molar-refractivity contribution < 1.29 is 4.79 Å². The number of carbonyl (C=O) groups excluding carboxylic acids is 1. The molecule has 1 saturated carbocycles. The standard InChI is InChI=1S/C20H27NO/c1-13(2)12-16-18(20(16,3)4)19(22)21(5)17-11-10-14-8-6-7-9-15(14)17/h6-9,12,16-18H,10-11H2,1-5H3. The van der Waals surface area contributed by atoms with Crippen molar-refractivity contribution in [2.45, 2.75) is 46.6 Å². The summed E-state index contributed by atoms with van der Waals surface area (Å²) in [6, 6.07) is 8.82. The van der Waals surface area contributed by atoms with Crippen molar-refractivity contribution in [3.63, 3.8) is 0 Å². The summed E-state index contributed by atoms with van der Waals surface area (Å²) >= 11 is 0. The Hall–Kier alpha value is -1.57. The quantitative estimate of drug-likeness (QED) is 0.759. The normalized spacial score (nSPS) is 28.0. The number of amides is 1. The van der Waals surface area contributed by atoms with Crippen LogP contribution in [0.15, 0.2) is 35.9 Å². The average Bonchev–Trinajstić information content (AvgIpc) is 2.84. The van der Waals surface area contributed by atoms with Crippen molar-refractivity contribution in [3.8, 4) is 0 Å². The Balaban J connectivity index is 1.78. The molecule has 3 atom stereocenters. The topological polar surface area (TPSA) is 20.3 Å². The number of nitrogens with zero attached hydrogens (tertiary/aromatic N) is 1. The van der Waals surface area contributed by atoms with Gasteiger partial charge >= 0.3 is 0 Å². The van der Waals surface area contributed by atoms with Gasteiger partial charge in [0.1, 0.15) is 0 Å². The summed E-state index contributed by atoms with van der Waals surface area (Å²) in [6.07, 6.45) is 4.42. The van der Waals surface area contributed by atoms with E-state index < -0.39 is 0 Å². The SMILES string of the molecule is CC(C)=CC1C(C(=O)N(C)C2CCc3ccccc32)C1(C)C. The first-order valence-corrected chi connectivity index (χ1v) is 8.33. The van der Waals surface area contributed by atoms with Gasteiger partial charge in [0.05, 0.1) is 12.0 Å². The predicted molar refractivity (Wildman–Crippen MR) is 90.5 cm³/mol. The summed E-state index contributed by atoms with van der Waals surface area (Å²) in [4.78, 5) is 15.0. The number of hydrogen-bond acceptors (Lipinski definition) is 1. The molecule has 2 heteroatoms. The highest BCUT2D eigenvalue weighted by Crippen LogP contribution is 2.60. The Morgan fingerprint density at radius 3 is 2.64 bits per heavy atom. The van der Waals surface area contributed by atoms with E-state index in [1.807, 2.05) is 11.9 Å². The van der Waals surface area contributed by atoms with E-state index in [0.29, 0.717) is 11.8 Å². The van der Waals surface area contributed by atoms with Gasteiger partial charge in [0.25, 0.3) is 0 Å². The number of fused-ring (bicyclic) bond motifs is 1. The van der Waals surface area contributed by atoms with Crippen molar-refractivity contribution in [3.05, 3.63) is 47.0 Å². The predicted octanol–water partition coefficient (Wildman–Crippen LogP) is 4.37. The Labute approximate surface area is 134 Å². The molecular weight excluding hydrogens is 270 g/mol. The van der Waals surface area contributed by atoms with Gasteiger partial charge in [-0.2, -0.15) is 0 Å². The van der Waals surface area contributed by atoms with Crippen LogP contribution in [-0.4, -0.2) is 17.9 Å². The lowest BCUT2D eigenvalue weighted by atomic mass is 10.1. The molecule has 0 N–H and O–H groups in total. The molecule has 0 heterocycles. The van der Waals surface area contributed by atoms with Crippen LogP contribution < -0.4 is 0 Å². The van der Waals surface area contributed by atoms with Crippen molar-refractivity contribution in [2.75, 3.05) is 7.05 Å². The van der Waals surface area contributed by atoms with E-state index >= 15 is 0 Å². The van der Waals surface area contributed by atoms with E-state index in [0.717, 1.165) is 12.8 Å². The van der Waals surface area contributed by atoms with Gasteiger partial charge in [-0.3, -0.25) is 4.79 Å². The molecule has 2 nitrogen and oxygen atoms in total. The molecule has 22 heavy (non-hydrogen) atoms. The Kier molecular flexibility index (Phi) is 3.66. The maximum Gasteiger partial charge on any atom is 0.227 e. The van der Waals surface area contributed by atoms with E-state index in [1.54, 1.807) is 0 Å². The fourth-order valence-corrected chi connectivity index (χ4v) is 4.13. The molecule has 0 radical (unpaired) electrons. The second kappa shape index (κ2) is 5.26. The second-order valence-corrected chi connectivity index (χ2v) is 7.77. The molecule has 2 aliphatic rings. The van der Waals surface area contributed by atoms with Crippen LogP contribution in [0.4, 0.5) is 0 Å². The molecule has 1 fully saturated rings. The van der Waals surface area contributed by atoms with Gasteiger partial charge in [-0.25, -0.2) is 0 Å². The number of rotatable bonds is 3. The third-order valence-electron chi connectivity index (χ3n) is 5.61. The highest BCUT2D eigenvalue weighted by molar-refractivity contribution is 5.84. The van der Waals surface area contributed by atoms with E-state index in [9.17, 15) is 4.79 Å². The molecule has 3 unspecified atom stereocenters. The van der Waals surface area contributed by atoms with Crippen LogP contribution >= 0.6 is 0 Å². The Morgan fingerprint density at radius 2 is 1.95 bits per heavy atom. The number of benzene rings is 1. The Morgan fingerprint density at radius 1 is 1.27 bits per heavy atom. The second-order valence-electron chi connectivity index (χ2n) is 7.77. The van der Waals surface area contributed by atoms with Gasteiger partial charge in [0.2, 0.25) is 5.91 Å². The fourth-order valence-electron chi connectivity index (χ4n) is 4.13. The molecule has 0 bridgehead atoms. The molecule has 2 aliphatic carbocycles. The summed E-state index contributed by atoms with van der Waals surface area (Å²) in [5, 5.41) is 0. The summed E-state index contributed by atoms with van der Waals surface area (Å²) in [5.74, 6) is 0.846. The fraction of sp³-hybridized carbons (Fsp3) is 0.550. The van der Waals surface area contributed by atoms with Gasteiger partial charge in [0, 0.05) is 7.05 Å². The van der Waals surface area contributed by atoms with E-state index in [-0.39, 0.29) is 17.4 Å². The minimum Gasteiger partial charge on any atom is -0.338 e. The number of aryl methyl sites for hydroxylation is 1. The van der Waals surface area contributed by atoms with Crippen molar-refractivity contribution >= 4 is 5.91 Å². The lowest BCUT2D eigenvalue weighted by Crippen LogP contribution is -2.32. The van der Waals surface area contributed by atoms with Crippen molar-refractivity contribution in [2.24, 2.45) is 17.3 Å². The monoisotopic (exact) mass is 297 g/mol. The lowest BCUT2D eigenvalue weighted by molar-refractivity contribution is -0.134. The first kappa shape index (κ1) is 15.3. The van der Waals surface area contributed by atoms with E-state index in [1.165, 1.54) is 16.7 Å². The molecule has 0 saturated heterocycles. The van der Waals surface area contributed by atoms with Gasteiger partial charge in [0.15, 0.2) is 0 Å². The summed E-state index contributed by atoms with van der Waals surface area (Å²) in [5.41, 5.74) is 4.15. The van der Waals surface area contributed by atoms with Crippen LogP contribution in [0.2, 0.25) is 0 Å². The minimum atomic E-state index is 0.0980. The molecule has 0 aromatic heterocycles. The number of hydrogen-bond donors (Lipinski definition) is 0. The number of carbonyl (C=O) groups is 1. The third kappa shape index (κ3) is 2.39. The first-order valence-electron chi connectivity index (χ1n) is 8.33. The van der Waals surface area contributed by atoms with Crippen LogP contribution in [0, 0.1) is 17.3 Å². The highest BCUT2D eigenvalue weighted by atomic mass is 16.2. The zero-order chi connectivity index (χ0) is 16.1. The van der Waals surface area contributed by atoms with Gasteiger partial charge in [-0.05, 0) is 49.1 Å². The zero-order valence-electron chi connectivity index (χ0n) is 14.4. The largest absolute Gasteiger partial charge is 0.338 e. The molecule has 0 spiro atoms. The van der Waals surface area contributed by atoms with Gasteiger partial charge in [-0.15, -0.1) is 0 Å². The summed E-state index contributed by atoms with van der Waals surface area (Å²) in [6.45, 7) is 8.67. The van der Waals surface area contributed by atoms with Crippen LogP contribution in [0.3, 0.4) is 0 Å². The highest BCUT2D eigenvalue weighted by Gasteiger charge is 2.61. The minimum absolute atomic E-state index is 0.0980. The van der Waals surface area contributed by atoms with Crippen LogP contribution in [-0.2, 0) is 11.2 Å². The molecule has 3 rings (SSSR count). The average molecular weight is 297 g/mol. The zero-order valence-corrected chi connectivity index (χ0v) is 14.4. The van der Waals surface area contributed by atoms with Crippen LogP contribution in [0.1, 0.15) is 51.3 Å². The van der Waals surface area contributed by atoms with Crippen LogP contribution in [0.5, 0.6) is 0 Å². The van der Waals surface area contributed by atoms with Gasteiger partial charge < -0.3 is 4.90 Å². The van der Waals surface area contributed by atoms with Crippen LogP contribution in [0.25, 0.3) is 0 Å². The molecule has 118 valence electrons. The third-order valence-corrected chi connectivity index (χ3v) is 5.61. The smallest absolute Gasteiger partial charge is 0.227 e. The maximum atomic E-state index is 13.0. The lowest BCUT2D eigenvalue weighted by Gasteiger charge is -2.26. The molecular formula is C20H27NO. The van der Waals surface area contributed by atoms with Crippen molar-refractivity contribution in [1.82, 2.24) is 4.90 Å². The number of allylic oxidation sites excluding steroid dienone is 2. The molecule has 1 amide bonds. The molecule has 1 aromatic rings. The van der Waals surface area contributed by atoms with Crippen molar-refractivity contribution in [1.29, 1.82) is 0 Å². The molecule has 0 aliphatic heterocycles. The van der Waals surface area contributed by atoms with E-state index in [4.69, 9.17) is 0 Å². The molecule has 1 aromatic carbocycles. The summed E-state index contributed by atoms with van der Waals surface area (Å²) in [7, 11) is 1.99. The first-order chi connectivity index (χ1) is 10.3.